The lowest BCUT2D eigenvalue weighted by Crippen LogP contribution is -2.23. The van der Waals surface area contributed by atoms with Crippen molar-refractivity contribution >= 4 is 5.91 Å². The Morgan fingerprint density at radius 3 is 2.62 bits per heavy atom. The van der Waals surface area contributed by atoms with Gasteiger partial charge in [0.05, 0.1) is 11.3 Å². The fraction of sp³-hybridized carbons (Fsp3) is 0.0417. The highest BCUT2D eigenvalue weighted by Crippen LogP contribution is 2.23. The number of hydrogen-bond donors (Lipinski definition) is 1. The van der Waals surface area contributed by atoms with Gasteiger partial charge in [-0.2, -0.15) is 10.2 Å². The molecule has 4 aromatic heterocycles. The zero-order chi connectivity index (χ0) is 21.8. The molecule has 156 valence electrons. The summed E-state index contributed by atoms with van der Waals surface area (Å²) in [7, 11) is 0. The van der Waals surface area contributed by atoms with E-state index >= 15 is 0 Å². The molecule has 1 aromatic carbocycles. The number of nitrogens with one attached hydrogen (secondary N) is 1. The van der Waals surface area contributed by atoms with Gasteiger partial charge in [0, 0.05) is 49.3 Å². The molecular formula is C24H19N7O. The molecule has 0 aliphatic carbocycles. The van der Waals surface area contributed by atoms with Crippen LogP contribution in [0.5, 0.6) is 0 Å². The molecule has 8 nitrogen and oxygen atoms in total. The molecule has 0 fully saturated rings. The van der Waals surface area contributed by atoms with E-state index in [1.54, 1.807) is 40.3 Å². The van der Waals surface area contributed by atoms with E-state index in [1.165, 1.54) is 0 Å². The molecule has 0 saturated carbocycles. The largest absolute Gasteiger partial charge is 0.348 e. The van der Waals surface area contributed by atoms with Gasteiger partial charge in [0.25, 0.3) is 5.91 Å². The average Bonchev–Trinajstić information content (AvgIpc) is 3.55. The summed E-state index contributed by atoms with van der Waals surface area (Å²) in [5.74, 6) is 0.471. The zero-order valence-electron chi connectivity index (χ0n) is 17.0. The number of amides is 1. The minimum atomic E-state index is -0.219. The van der Waals surface area contributed by atoms with Crippen molar-refractivity contribution < 1.29 is 4.79 Å². The van der Waals surface area contributed by atoms with Gasteiger partial charge in [0.1, 0.15) is 5.69 Å². The highest BCUT2D eigenvalue weighted by Gasteiger charge is 2.19. The monoisotopic (exact) mass is 421 g/mol. The molecule has 8 heteroatoms. The number of hydrogen-bond acceptors (Lipinski definition) is 5. The smallest absolute Gasteiger partial charge is 0.255 e. The van der Waals surface area contributed by atoms with Crippen LogP contribution in [-0.4, -0.2) is 35.4 Å². The molecular weight excluding hydrogens is 402 g/mol. The second kappa shape index (κ2) is 8.65. The molecule has 5 rings (SSSR count). The van der Waals surface area contributed by atoms with Crippen molar-refractivity contribution in [1.82, 2.24) is 34.8 Å². The minimum absolute atomic E-state index is 0.219. The first-order valence-corrected chi connectivity index (χ1v) is 10.1. The molecule has 0 radical (unpaired) electrons. The van der Waals surface area contributed by atoms with Crippen molar-refractivity contribution in [3.05, 3.63) is 109 Å². The molecule has 0 unspecified atom stereocenters. The fourth-order valence-corrected chi connectivity index (χ4v) is 3.35. The molecule has 0 bridgehead atoms. The summed E-state index contributed by atoms with van der Waals surface area (Å²) in [6, 6.07) is 19.0. The maximum absolute atomic E-state index is 13.2. The van der Waals surface area contributed by atoms with Crippen LogP contribution in [0.15, 0.2) is 97.8 Å². The molecule has 5 aromatic rings. The number of carbonyl (C=O) groups excluding carboxylic acids is 1. The summed E-state index contributed by atoms with van der Waals surface area (Å²) < 4.78 is 3.38. The van der Waals surface area contributed by atoms with Crippen LogP contribution in [0.25, 0.3) is 22.8 Å². The van der Waals surface area contributed by atoms with E-state index in [0.29, 0.717) is 23.6 Å². The number of rotatable bonds is 6. The lowest BCUT2D eigenvalue weighted by molar-refractivity contribution is 0.0951. The Labute approximate surface area is 184 Å². The van der Waals surface area contributed by atoms with Gasteiger partial charge < -0.3 is 5.32 Å². The summed E-state index contributed by atoms with van der Waals surface area (Å²) in [5, 5.41) is 11.9. The Morgan fingerprint density at radius 2 is 1.84 bits per heavy atom. The lowest BCUT2D eigenvalue weighted by Gasteiger charge is -2.07. The van der Waals surface area contributed by atoms with Crippen molar-refractivity contribution in [2.45, 2.75) is 6.54 Å². The van der Waals surface area contributed by atoms with Crippen LogP contribution in [0.2, 0.25) is 0 Å². The van der Waals surface area contributed by atoms with Gasteiger partial charge in [-0.1, -0.05) is 18.2 Å². The van der Waals surface area contributed by atoms with Gasteiger partial charge in [-0.25, -0.2) is 14.3 Å². The maximum Gasteiger partial charge on any atom is 0.255 e. The first kappa shape index (κ1) is 19.4. The second-order valence-corrected chi connectivity index (χ2v) is 7.07. The fourth-order valence-electron chi connectivity index (χ4n) is 3.35. The summed E-state index contributed by atoms with van der Waals surface area (Å²) in [5.41, 5.74) is 3.61. The normalized spacial score (nSPS) is 10.8. The third-order valence-electron chi connectivity index (χ3n) is 4.92. The van der Waals surface area contributed by atoms with Gasteiger partial charge in [0.2, 0.25) is 0 Å². The molecule has 0 aliphatic heterocycles. The van der Waals surface area contributed by atoms with E-state index in [4.69, 9.17) is 0 Å². The number of benzene rings is 1. The number of nitrogens with zero attached hydrogens (tertiary/aromatic N) is 6. The molecule has 0 atom stereocenters. The number of para-hydroxylation sites is 1. The molecule has 0 spiro atoms. The Balaban J connectivity index is 1.42. The number of pyridine rings is 2. The van der Waals surface area contributed by atoms with Gasteiger partial charge in [0.15, 0.2) is 5.82 Å². The van der Waals surface area contributed by atoms with Gasteiger partial charge in [-0.3, -0.25) is 9.78 Å². The van der Waals surface area contributed by atoms with Crippen molar-refractivity contribution in [2.75, 3.05) is 0 Å². The van der Waals surface area contributed by atoms with Crippen LogP contribution in [-0.2, 0) is 6.54 Å². The average molecular weight is 421 g/mol. The van der Waals surface area contributed by atoms with E-state index in [0.717, 1.165) is 16.8 Å². The Kier molecular flexibility index (Phi) is 5.24. The third-order valence-corrected chi connectivity index (χ3v) is 4.92. The highest BCUT2D eigenvalue weighted by atomic mass is 16.1. The minimum Gasteiger partial charge on any atom is -0.348 e. The SMILES string of the molecule is O=C(NCc1ccnc(-n2cccn2)c1)c1cn(-c2ccccc2)nc1-c1cccnc1. The van der Waals surface area contributed by atoms with E-state index in [9.17, 15) is 4.79 Å². The Bertz CT molecular complexity index is 1330. The lowest BCUT2D eigenvalue weighted by atomic mass is 10.1. The van der Waals surface area contributed by atoms with Crippen LogP contribution >= 0.6 is 0 Å². The topological polar surface area (TPSA) is 90.5 Å². The molecule has 1 amide bonds. The van der Waals surface area contributed by atoms with E-state index in [1.807, 2.05) is 66.9 Å². The first-order chi connectivity index (χ1) is 15.8. The molecule has 4 heterocycles. The standard InChI is InChI=1S/C24H19N7O/c32-24(27-15-18-9-12-26-22(14-18)30-13-5-11-28-30)21-17-31(20-7-2-1-3-8-20)29-23(21)19-6-4-10-25-16-19/h1-14,16-17H,15H2,(H,27,32). The van der Waals surface area contributed by atoms with Crippen molar-refractivity contribution in [3.8, 4) is 22.8 Å². The predicted molar refractivity (Wildman–Crippen MR) is 119 cm³/mol. The summed E-state index contributed by atoms with van der Waals surface area (Å²) in [6.45, 7) is 0.346. The summed E-state index contributed by atoms with van der Waals surface area (Å²) in [6.07, 6.45) is 10.4. The molecule has 0 saturated heterocycles. The third kappa shape index (κ3) is 4.01. The first-order valence-electron chi connectivity index (χ1n) is 10.1. The summed E-state index contributed by atoms with van der Waals surface area (Å²) >= 11 is 0. The Hall–Kier alpha value is -4.59. The second-order valence-electron chi connectivity index (χ2n) is 7.07. The maximum atomic E-state index is 13.2. The van der Waals surface area contributed by atoms with Gasteiger partial charge in [-0.05, 0) is 48.0 Å². The van der Waals surface area contributed by atoms with Crippen molar-refractivity contribution in [1.29, 1.82) is 0 Å². The molecule has 0 aliphatic rings. The van der Waals surface area contributed by atoms with E-state index in [-0.39, 0.29) is 5.91 Å². The van der Waals surface area contributed by atoms with Crippen LogP contribution in [0.1, 0.15) is 15.9 Å². The van der Waals surface area contributed by atoms with E-state index < -0.39 is 0 Å². The predicted octanol–water partition coefficient (Wildman–Crippen LogP) is 3.45. The van der Waals surface area contributed by atoms with Gasteiger partial charge in [-0.15, -0.1) is 0 Å². The quantitative estimate of drug-likeness (QED) is 0.454. The van der Waals surface area contributed by atoms with Crippen LogP contribution in [0, 0.1) is 0 Å². The zero-order valence-corrected chi connectivity index (χ0v) is 17.0. The molecule has 32 heavy (non-hydrogen) atoms. The van der Waals surface area contributed by atoms with Crippen molar-refractivity contribution in [2.24, 2.45) is 0 Å². The van der Waals surface area contributed by atoms with Crippen LogP contribution in [0.4, 0.5) is 0 Å². The number of carbonyl (C=O) groups is 1. The van der Waals surface area contributed by atoms with Crippen LogP contribution < -0.4 is 5.32 Å². The van der Waals surface area contributed by atoms with E-state index in [2.05, 4.69) is 25.5 Å². The molecule has 1 N–H and O–H groups in total. The van der Waals surface area contributed by atoms with Crippen LogP contribution in [0.3, 0.4) is 0 Å². The van der Waals surface area contributed by atoms with Gasteiger partial charge >= 0.3 is 0 Å². The highest BCUT2D eigenvalue weighted by molar-refractivity contribution is 5.99. The van der Waals surface area contributed by atoms with Crippen molar-refractivity contribution in [3.63, 3.8) is 0 Å². The summed E-state index contributed by atoms with van der Waals surface area (Å²) in [4.78, 5) is 21.7. The number of aromatic nitrogens is 6. The Morgan fingerprint density at radius 1 is 0.938 bits per heavy atom.